The van der Waals surface area contributed by atoms with Crippen LogP contribution in [-0.4, -0.2) is 6.43 Å². The normalized spacial score (nSPS) is 14.8. The van der Waals surface area contributed by atoms with Crippen LogP contribution in [0.5, 0.6) is 0 Å². The number of hydrogen-bond donors (Lipinski definition) is 0. The highest BCUT2D eigenvalue weighted by Crippen LogP contribution is 2.37. The van der Waals surface area contributed by atoms with Crippen LogP contribution in [0.2, 0.25) is 0 Å². The third-order valence-corrected chi connectivity index (χ3v) is 4.16. The van der Waals surface area contributed by atoms with Gasteiger partial charge in [0.25, 0.3) is 0 Å². The van der Waals surface area contributed by atoms with Gasteiger partial charge in [-0.15, -0.1) is 0 Å². The van der Waals surface area contributed by atoms with Gasteiger partial charge in [0, 0.05) is 6.42 Å². The van der Waals surface area contributed by atoms with Crippen molar-refractivity contribution in [1.29, 1.82) is 0 Å². The summed E-state index contributed by atoms with van der Waals surface area (Å²) >= 11 is 0. The van der Waals surface area contributed by atoms with Crippen LogP contribution in [0.3, 0.4) is 0 Å². The molecule has 0 saturated carbocycles. The van der Waals surface area contributed by atoms with E-state index in [4.69, 9.17) is 0 Å². The maximum atomic E-state index is 12.7. The van der Waals surface area contributed by atoms with Crippen molar-refractivity contribution >= 4 is 0 Å². The quantitative estimate of drug-likeness (QED) is 0.318. The first-order chi connectivity index (χ1) is 9.04. The second kappa shape index (κ2) is 11.7. The van der Waals surface area contributed by atoms with E-state index in [2.05, 4.69) is 20.8 Å². The molecule has 116 valence electrons. The van der Waals surface area contributed by atoms with Crippen LogP contribution in [0.4, 0.5) is 8.78 Å². The van der Waals surface area contributed by atoms with Crippen molar-refractivity contribution < 1.29 is 8.78 Å². The van der Waals surface area contributed by atoms with E-state index in [1.54, 1.807) is 0 Å². The number of halogens is 2. The highest BCUT2D eigenvalue weighted by Gasteiger charge is 2.27. The van der Waals surface area contributed by atoms with Crippen LogP contribution >= 0.6 is 0 Å². The summed E-state index contributed by atoms with van der Waals surface area (Å²) in [5, 5.41) is 0. The Hall–Kier alpha value is -0.140. The van der Waals surface area contributed by atoms with E-state index in [0.29, 0.717) is 0 Å². The van der Waals surface area contributed by atoms with Crippen LogP contribution in [0.15, 0.2) is 0 Å². The van der Waals surface area contributed by atoms with E-state index < -0.39 is 6.43 Å². The van der Waals surface area contributed by atoms with Gasteiger partial charge in [-0.05, 0) is 18.3 Å². The molecule has 0 aromatic carbocycles. The summed E-state index contributed by atoms with van der Waals surface area (Å²) in [7, 11) is 0. The maximum Gasteiger partial charge on any atom is 0.239 e. The minimum Gasteiger partial charge on any atom is -0.211 e. The van der Waals surface area contributed by atoms with Crippen LogP contribution in [-0.2, 0) is 0 Å². The van der Waals surface area contributed by atoms with E-state index in [9.17, 15) is 8.78 Å². The molecule has 0 aliphatic heterocycles. The van der Waals surface area contributed by atoms with Crippen molar-refractivity contribution in [1.82, 2.24) is 0 Å². The van der Waals surface area contributed by atoms with E-state index in [1.807, 2.05) is 0 Å². The Labute approximate surface area is 119 Å². The first kappa shape index (κ1) is 18.9. The number of rotatable bonds is 13. The van der Waals surface area contributed by atoms with Crippen molar-refractivity contribution in [2.24, 2.45) is 5.41 Å². The van der Waals surface area contributed by atoms with Crippen LogP contribution < -0.4 is 0 Å². The van der Waals surface area contributed by atoms with Crippen molar-refractivity contribution in [3.63, 3.8) is 0 Å². The van der Waals surface area contributed by atoms with Gasteiger partial charge >= 0.3 is 0 Å². The minimum absolute atomic E-state index is 0.0902. The van der Waals surface area contributed by atoms with Crippen molar-refractivity contribution in [2.75, 3.05) is 0 Å². The number of alkyl halides is 2. The predicted octanol–water partition coefficient (Wildman–Crippen LogP) is 6.98. The van der Waals surface area contributed by atoms with Gasteiger partial charge in [-0.25, -0.2) is 8.78 Å². The third kappa shape index (κ3) is 11.4. The average Bonchev–Trinajstić information content (AvgIpc) is 2.34. The molecule has 0 heterocycles. The number of hydrogen-bond acceptors (Lipinski definition) is 0. The van der Waals surface area contributed by atoms with Crippen LogP contribution in [0.25, 0.3) is 0 Å². The summed E-state index contributed by atoms with van der Waals surface area (Å²) in [6.45, 7) is 6.46. The van der Waals surface area contributed by atoms with Gasteiger partial charge in [-0.1, -0.05) is 78.6 Å². The van der Waals surface area contributed by atoms with Gasteiger partial charge < -0.3 is 0 Å². The summed E-state index contributed by atoms with van der Waals surface area (Å²) < 4.78 is 25.5. The Morgan fingerprint density at radius 2 is 1.16 bits per heavy atom. The minimum atomic E-state index is -2.15. The lowest BCUT2D eigenvalue weighted by Gasteiger charge is -2.29. The van der Waals surface area contributed by atoms with Crippen molar-refractivity contribution in [3.8, 4) is 0 Å². The van der Waals surface area contributed by atoms with Crippen molar-refractivity contribution in [2.45, 2.75) is 104 Å². The van der Waals surface area contributed by atoms with E-state index in [0.717, 1.165) is 25.7 Å². The van der Waals surface area contributed by atoms with Gasteiger partial charge in [0.2, 0.25) is 6.43 Å². The molecule has 0 rings (SSSR count). The Bertz CT molecular complexity index is 192. The largest absolute Gasteiger partial charge is 0.239 e. The Balaban J connectivity index is 3.96. The zero-order valence-electron chi connectivity index (χ0n) is 13.3. The van der Waals surface area contributed by atoms with Crippen LogP contribution in [0, 0.1) is 5.41 Å². The monoisotopic (exact) mass is 276 g/mol. The fourth-order valence-corrected chi connectivity index (χ4v) is 2.84. The molecular weight excluding hydrogens is 242 g/mol. The standard InChI is InChI=1S/C17H34F2/c1-4-6-8-10-12-14-17(3,15-16(18)19)13-11-9-7-5-2/h16H,4-15H2,1-3H3. The van der Waals surface area contributed by atoms with E-state index in [-0.39, 0.29) is 11.8 Å². The predicted molar refractivity (Wildman–Crippen MR) is 80.9 cm³/mol. The van der Waals surface area contributed by atoms with Crippen molar-refractivity contribution in [3.05, 3.63) is 0 Å². The van der Waals surface area contributed by atoms with Gasteiger partial charge in [0.05, 0.1) is 0 Å². The molecule has 2 heteroatoms. The molecule has 0 bridgehead atoms. The SMILES string of the molecule is CCCCCCCC(C)(CCCCCC)CC(F)F. The molecule has 1 unspecified atom stereocenters. The summed E-state index contributed by atoms with van der Waals surface area (Å²) in [5.74, 6) is 0. The second-order valence-electron chi connectivity index (χ2n) is 6.38. The van der Waals surface area contributed by atoms with Crippen LogP contribution in [0.1, 0.15) is 97.8 Å². The summed E-state index contributed by atoms with van der Waals surface area (Å²) in [6, 6.07) is 0. The Morgan fingerprint density at radius 1 is 0.737 bits per heavy atom. The molecule has 0 radical (unpaired) electrons. The van der Waals surface area contributed by atoms with E-state index >= 15 is 0 Å². The first-order valence-corrected chi connectivity index (χ1v) is 8.32. The molecule has 19 heavy (non-hydrogen) atoms. The zero-order valence-corrected chi connectivity index (χ0v) is 13.3. The highest BCUT2D eigenvalue weighted by atomic mass is 19.3. The first-order valence-electron chi connectivity index (χ1n) is 8.32. The molecule has 0 aliphatic carbocycles. The fraction of sp³-hybridized carbons (Fsp3) is 1.00. The maximum absolute atomic E-state index is 12.7. The second-order valence-corrected chi connectivity index (χ2v) is 6.38. The molecule has 0 aromatic heterocycles. The average molecular weight is 276 g/mol. The third-order valence-electron chi connectivity index (χ3n) is 4.16. The highest BCUT2D eigenvalue weighted by molar-refractivity contribution is 4.75. The molecule has 0 N–H and O–H groups in total. The smallest absolute Gasteiger partial charge is 0.211 e. The summed E-state index contributed by atoms with van der Waals surface area (Å²) in [5.41, 5.74) is -0.131. The summed E-state index contributed by atoms with van der Waals surface area (Å²) in [4.78, 5) is 0. The Morgan fingerprint density at radius 3 is 1.58 bits per heavy atom. The zero-order chi connectivity index (χ0) is 14.6. The molecule has 0 saturated heterocycles. The van der Waals surface area contributed by atoms with Gasteiger partial charge in [-0.3, -0.25) is 0 Å². The van der Waals surface area contributed by atoms with Gasteiger partial charge in [0.15, 0.2) is 0 Å². The van der Waals surface area contributed by atoms with Gasteiger partial charge in [-0.2, -0.15) is 0 Å². The lowest BCUT2D eigenvalue weighted by atomic mass is 9.77. The fourth-order valence-electron chi connectivity index (χ4n) is 2.84. The lowest BCUT2D eigenvalue weighted by molar-refractivity contribution is 0.0675. The molecular formula is C17H34F2. The molecule has 0 aromatic rings. The molecule has 0 amide bonds. The Kier molecular flexibility index (Phi) is 11.6. The van der Waals surface area contributed by atoms with Gasteiger partial charge in [0.1, 0.15) is 0 Å². The molecule has 0 aliphatic rings. The molecule has 0 nitrogen and oxygen atoms in total. The molecule has 1 atom stereocenters. The number of unbranched alkanes of at least 4 members (excludes halogenated alkanes) is 7. The summed E-state index contributed by atoms with van der Waals surface area (Å²) in [6.07, 6.45) is 10.8. The van der Waals surface area contributed by atoms with E-state index in [1.165, 1.54) is 44.9 Å². The topological polar surface area (TPSA) is 0 Å². The molecule has 0 fully saturated rings. The lowest BCUT2D eigenvalue weighted by Crippen LogP contribution is -2.20. The molecule has 0 spiro atoms.